The van der Waals surface area contributed by atoms with E-state index in [1.54, 1.807) is 11.8 Å². The molecular formula is C23H23ClF3NO2. The van der Waals surface area contributed by atoms with Crippen molar-refractivity contribution in [2.75, 3.05) is 19.7 Å². The second-order valence-corrected chi connectivity index (χ2v) is 8.46. The Morgan fingerprint density at radius 1 is 1.27 bits per heavy atom. The second-order valence-electron chi connectivity index (χ2n) is 8.06. The van der Waals surface area contributed by atoms with Crippen LogP contribution in [0.15, 0.2) is 30.3 Å². The number of ether oxygens (including phenoxy) is 1. The predicted molar refractivity (Wildman–Crippen MR) is 110 cm³/mol. The molecule has 0 radical (unpaired) electrons. The Hall–Kier alpha value is -2.21. The average Bonchev–Trinajstić information content (AvgIpc) is 3.06. The first-order valence-electron chi connectivity index (χ1n) is 10.1. The summed E-state index contributed by atoms with van der Waals surface area (Å²) in [5.74, 6) is 0.660. The summed E-state index contributed by atoms with van der Waals surface area (Å²) >= 11 is 6.24. The van der Waals surface area contributed by atoms with Crippen LogP contribution in [0.4, 0.5) is 18.0 Å². The van der Waals surface area contributed by atoms with Gasteiger partial charge in [-0.05, 0) is 67.0 Å². The summed E-state index contributed by atoms with van der Waals surface area (Å²) in [5, 5.41) is 0.0792. The van der Waals surface area contributed by atoms with Crippen molar-refractivity contribution in [1.29, 1.82) is 0 Å². The van der Waals surface area contributed by atoms with Crippen molar-refractivity contribution in [3.8, 4) is 11.1 Å². The van der Waals surface area contributed by atoms with Crippen LogP contribution in [0.5, 0.6) is 0 Å². The van der Waals surface area contributed by atoms with E-state index in [1.165, 1.54) is 17.2 Å². The molecular weight excluding hydrogens is 415 g/mol. The summed E-state index contributed by atoms with van der Waals surface area (Å²) in [6, 6.07) is 7.51. The molecule has 2 aromatic rings. The summed E-state index contributed by atoms with van der Waals surface area (Å²) in [5.41, 5.74) is 4.18. The van der Waals surface area contributed by atoms with Gasteiger partial charge in [-0.2, -0.15) is 13.2 Å². The summed E-state index contributed by atoms with van der Waals surface area (Å²) in [7, 11) is 0. The van der Waals surface area contributed by atoms with Crippen LogP contribution in [0.3, 0.4) is 0 Å². The topological polar surface area (TPSA) is 29.5 Å². The Labute approximate surface area is 178 Å². The number of aryl methyl sites for hydroxylation is 1. The predicted octanol–water partition coefficient (Wildman–Crippen LogP) is 6.45. The molecule has 1 fully saturated rings. The van der Waals surface area contributed by atoms with E-state index in [0.717, 1.165) is 36.1 Å². The zero-order valence-corrected chi connectivity index (χ0v) is 17.6. The number of nitrogens with zero attached hydrogens (tertiary/aromatic N) is 1. The molecule has 2 atom stereocenters. The van der Waals surface area contributed by atoms with Crippen molar-refractivity contribution in [3.05, 3.63) is 57.6 Å². The number of amides is 1. The molecule has 3 nitrogen and oxygen atoms in total. The maximum atomic E-state index is 13.0. The molecule has 1 heterocycles. The van der Waals surface area contributed by atoms with Crippen molar-refractivity contribution in [2.45, 2.75) is 38.8 Å². The van der Waals surface area contributed by atoms with Crippen LogP contribution >= 0.6 is 11.6 Å². The first-order valence-corrected chi connectivity index (χ1v) is 10.5. The van der Waals surface area contributed by atoms with Crippen LogP contribution in [-0.4, -0.2) is 30.7 Å². The molecule has 0 saturated carbocycles. The highest BCUT2D eigenvalue weighted by Gasteiger charge is 2.39. The molecule has 4 rings (SSSR count). The smallest absolute Gasteiger partial charge is 0.416 e. The van der Waals surface area contributed by atoms with E-state index < -0.39 is 11.7 Å². The van der Waals surface area contributed by atoms with Gasteiger partial charge in [0.05, 0.1) is 12.2 Å². The number of alkyl halides is 3. The lowest BCUT2D eigenvalue weighted by Crippen LogP contribution is -2.42. The largest absolute Gasteiger partial charge is 0.450 e. The van der Waals surface area contributed by atoms with Crippen molar-refractivity contribution < 1.29 is 22.7 Å². The number of benzene rings is 2. The molecule has 0 N–H and O–H groups in total. The number of carbonyl (C=O) groups is 1. The molecule has 1 aliphatic carbocycles. The van der Waals surface area contributed by atoms with Crippen LogP contribution in [0, 0.1) is 12.8 Å². The van der Waals surface area contributed by atoms with Crippen molar-refractivity contribution in [2.24, 2.45) is 5.92 Å². The van der Waals surface area contributed by atoms with E-state index >= 15 is 0 Å². The van der Waals surface area contributed by atoms with E-state index in [0.29, 0.717) is 31.2 Å². The Balaban J connectivity index is 1.68. The van der Waals surface area contributed by atoms with E-state index in [2.05, 4.69) is 0 Å². The van der Waals surface area contributed by atoms with Crippen molar-refractivity contribution in [1.82, 2.24) is 4.90 Å². The molecule has 0 aromatic heterocycles. The van der Waals surface area contributed by atoms with Crippen LogP contribution in [0.25, 0.3) is 11.1 Å². The number of likely N-dealkylation sites (tertiary alicyclic amines) is 1. The van der Waals surface area contributed by atoms with Gasteiger partial charge in [-0.3, -0.25) is 0 Å². The number of fused-ring (bicyclic) bond motifs is 3. The minimum Gasteiger partial charge on any atom is -0.450 e. The first kappa shape index (κ1) is 21.0. The summed E-state index contributed by atoms with van der Waals surface area (Å²) < 4.78 is 44.1. The van der Waals surface area contributed by atoms with E-state index in [1.807, 2.05) is 19.1 Å². The lowest BCUT2D eigenvalue weighted by molar-refractivity contribution is -0.137. The number of halogens is 4. The molecule has 0 unspecified atom stereocenters. The minimum atomic E-state index is -4.43. The standard InChI is InChI=1S/C23H23ClF3NO2/c1-3-30-22(29)28-7-6-14-9-18-13(2)8-15(10-19(18)20(14)12-28)17-5-4-16(11-21(17)24)23(25,26)27/h4-5,8,10-11,14,20H,3,6-7,9,12H2,1-2H3/t14-,20-/m0/s1. The lowest BCUT2D eigenvalue weighted by Gasteiger charge is -2.34. The third kappa shape index (κ3) is 3.78. The van der Waals surface area contributed by atoms with Gasteiger partial charge in [-0.25, -0.2) is 4.79 Å². The molecule has 2 aliphatic rings. The monoisotopic (exact) mass is 437 g/mol. The summed E-state index contributed by atoms with van der Waals surface area (Å²) in [6.45, 7) is 5.44. The molecule has 0 bridgehead atoms. The van der Waals surface area contributed by atoms with Gasteiger partial charge in [0.25, 0.3) is 0 Å². The number of piperidine rings is 1. The molecule has 30 heavy (non-hydrogen) atoms. The fraction of sp³-hybridized carbons (Fsp3) is 0.435. The van der Waals surface area contributed by atoms with Crippen LogP contribution in [-0.2, 0) is 17.3 Å². The van der Waals surface area contributed by atoms with Crippen LogP contribution < -0.4 is 0 Å². The zero-order chi connectivity index (χ0) is 21.6. The number of rotatable bonds is 2. The summed E-state index contributed by atoms with van der Waals surface area (Å²) in [6.07, 6.45) is -2.84. The molecule has 1 saturated heterocycles. The Bertz CT molecular complexity index is 989. The van der Waals surface area contributed by atoms with Gasteiger partial charge in [0, 0.05) is 29.6 Å². The highest BCUT2D eigenvalue weighted by atomic mass is 35.5. The van der Waals surface area contributed by atoms with E-state index in [-0.39, 0.29) is 17.0 Å². The normalized spacial score (nSPS) is 20.7. The number of hydrogen-bond donors (Lipinski definition) is 0. The Morgan fingerprint density at radius 3 is 2.70 bits per heavy atom. The molecule has 0 spiro atoms. The number of carbonyl (C=O) groups excluding carboxylic acids is 1. The van der Waals surface area contributed by atoms with E-state index in [4.69, 9.17) is 16.3 Å². The average molecular weight is 438 g/mol. The molecule has 7 heteroatoms. The minimum absolute atomic E-state index is 0.0792. The summed E-state index contributed by atoms with van der Waals surface area (Å²) in [4.78, 5) is 14.0. The zero-order valence-electron chi connectivity index (χ0n) is 16.9. The maximum absolute atomic E-state index is 13.0. The SMILES string of the molecule is CCOC(=O)N1CC[C@H]2Cc3c(C)cc(-c4ccc(C(F)(F)F)cc4Cl)cc3[C@H]2C1. The molecule has 1 aliphatic heterocycles. The Kier molecular flexibility index (Phi) is 5.47. The van der Waals surface area contributed by atoms with Gasteiger partial charge in [-0.1, -0.05) is 29.8 Å². The van der Waals surface area contributed by atoms with E-state index in [9.17, 15) is 18.0 Å². The van der Waals surface area contributed by atoms with Gasteiger partial charge >= 0.3 is 12.3 Å². The highest BCUT2D eigenvalue weighted by molar-refractivity contribution is 6.33. The van der Waals surface area contributed by atoms with Gasteiger partial charge in [0.15, 0.2) is 0 Å². The molecule has 2 aromatic carbocycles. The van der Waals surface area contributed by atoms with Crippen LogP contribution in [0.2, 0.25) is 5.02 Å². The first-order chi connectivity index (χ1) is 14.2. The third-order valence-corrected chi connectivity index (χ3v) is 6.58. The van der Waals surface area contributed by atoms with Crippen LogP contribution in [0.1, 0.15) is 41.5 Å². The fourth-order valence-electron chi connectivity index (χ4n) is 4.78. The highest BCUT2D eigenvalue weighted by Crippen LogP contribution is 2.46. The fourth-order valence-corrected chi connectivity index (χ4v) is 5.06. The second kappa shape index (κ2) is 7.80. The van der Waals surface area contributed by atoms with Gasteiger partial charge in [0.1, 0.15) is 0 Å². The maximum Gasteiger partial charge on any atom is 0.416 e. The van der Waals surface area contributed by atoms with Gasteiger partial charge < -0.3 is 9.64 Å². The third-order valence-electron chi connectivity index (χ3n) is 6.26. The molecule has 1 amide bonds. The number of hydrogen-bond acceptors (Lipinski definition) is 2. The quantitative estimate of drug-likeness (QED) is 0.540. The molecule has 160 valence electrons. The van der Waals surface area contributed by atoms with Gasteiger partial charge in [-0.15, -0.1) is 0 Å². The van der Waals surface area contributed by atoms with Crippen molar-refractivity contribution >= 4 is 17.7 Å². The van der Waals surface area contributed by atoms with Gasteiger partial charge in [0.2, 0.25) is 0 Å². The lowest BCUT2D eigenvalue weighted by atomic mass is 9.85. The van der Waals surface area contributed by atoms with Crippen molar-refractivity contribution in [3.63, 3.8) is 0 Å². The Morgan fingerprint density at radius 2 is 2.03 bits per heavy atom.